The molecule has 0 unspecified atom stereocenters. The maximum Gasteiger partial charge on any atom is 0.335 e. The Kier molecular flexibility index (Phi) is 4.05. The summed E-state index contributed by atoms with van der Waals surface area (Å²) in [6.07, 6.45) is 1.69. The SMILES string of the molecule is CN(C)S(=O)(=O)Nc1ccc(C(=O)O)cc1C1OC=CO1. The van der Waals surface area contributed by atoms with Crippen LogP contribution in [0.3, 0.4) is 0 Å². The summed E-state index contributed by atoms with van der Waals surface area (Å²) in [5.74, 6) is -1.13. The van der Waals surface area contributed by atoms with E-state index >= 15 is 0 Å². The Morgan fingerprint density at radius 3 is 2.43 bits per heavy atom. The molecule has 1 aliphatic rings. The van der Waals surface area contributed by atoms with Crippen LogP contribution in [0.25, 0.3) is 0 Å². The molecule has 0 radical (unpaired) electrons. The fraction of sp³-hybridized carbons (Fsp3) is 0.250. The van der Waals surface area contributed by atoms with E-state index in [0.29, 0.717) is 0 Å². The standard InChI is InChI=1S/C12H14N2O6S/c1-14(2)21(17,18)13-10-4-3-8(11(15)16)7-9(10)12-19-5-6-20-12/h3-7,12-13H,1-2H3,(H,15,16). The molecular formula is C12H14N2O6S. The molecule has 1 aliphatic heterocycles. The number of rotatable bonds is 5. The van der Waals surface area contributed by atoms with Crippen molar-refractivity contribution in [3.05, 3.63) is 41.9 Å². The zero-order chi connectivity index (χ0) is 15.6. The highest BCUT2D eigenvalue weighted by Crippen LogP contribution is 2.31. The second-order valence-corrected chi connectivity index (χ2v) is 6.26. The maximum atomic E-state index is 11.9. The predicted molar refractivity (Wildman–Crippen MR) is 73.7 cm³/mol. The Labute approximate surface area is 121 Å². The molecule has 2 rings (SSSR count). The summed E-state index contributed by atoms with van der Waals surface area (Å²) in [6.45, 7) is 0. The molecule has 0 fully saturated rings. The lowest BCUT2D eigenvalue weighted by atomic mass is 10.1. The van der Waals surface area contributed by atoms with E-state index in [9.17, 15) is 13.2 Å². The number of aromatic carboxylic acids is 1. The van der Waals surface area contributed by atoms with Gasteiger partial charge in [-0.05, 0) is 18.2 Å². The van der Waals surface area contributed by atoms with E-state index in [0.717, 1.165) is 4.31 Å². The van der Waals surface area contributed by atoms with E-state index in [2.05, 4.69) is 4.72 Å². The van der Waals surface area contributed by atoms with Crippen molar-refractivity contribution in [1.82, 2.24) is 4.31 Å². The smallest absolute Gasteiger partial charge is 0.335 e. The number of hydrogen-bond acceptors (Lipinski definition) is 5. The second kappa shape index (κ2) is 5.62. The first-order chi connectivity index (χ1) is 9.81. The Morgan fingerprint density at radius 2 is 1.90 bits per heavy atom. The highest BCUT2D eigenvalue weighted by atomic mass is 32.2. The largest absolute Gasteiger partial charge is 0.478 e. The van der Waals surface area contributed by atoms with Crippen molar-refractivity contribution >= 4 is 21.9 Å². The average Bonchev–Trinajstić information content (AvgIpc) is 2.92. The van der Waals surface area contributed by atoms with Crippen LogP contribution >= 0.6 is 0 Å². The quantitative estimate of drug-likeness (QED) is 0.844. The summed E-state index contributed by atoms with van der Waals surface area (Å²) in [5.41, 5.74) is 0.449. The molecule has 2 N–H and O–H groups in total. The molecule has 1 aromatic carbocycles. The van der Waals surface area contributed by atoms with Gasteiger partial charge in [-0.1, -0.05) is 0 Å². The summed E-state index contributed by atoms with van der Waals surface area (Å²) in [5, 5.41) is 9.02. The summed E-state index contributed by atoms with van der Waals surface area (Å²) in [6, 6.07) is 3.94. The number of carboxylic acids is 1. The molecule has 0 saturated heterocycles. The van der Waals surface area contributed by atoms with E-state index in [1.54, 1.807) is 0 Å². The van der Waals surface area contributed by atoms with Crippen LogP contribution in [0, 0.1) is 0 Å². The zero-order valence-electron chi connectivity index (χ0n) is 11.3. The van der Waals surface area contributed by atoms with Crippen molar-refractivity contribution in [3.8, 4) is 0 Å². The van der Waals surface area contributed by atoms with Crippen LogP contribution in [0.5, 0.6) is 0 Å². The molecule has 0 amide bonds. The van der Waals surface area contributed by atoms with Crippen LogP contribution in [0.2, 0.25) is 0 Å². The molecule has 0 aromatic heterocycles. The van der Waals surface area contributed by atoms with E-state index in [1.807, 2.05) is 0 Å². The minimum Gasteiger partial charge on any atom is -0.478 e. The lowest BCUT2D eigenvalue weighted by Crippen LogP contribution is -2.29. The van der Waals surface area contributed by atoms with Gasteiger partial charge in [0.1, 0.15) is 12.5 Å². The molecule has 0 bridgehead atoms. The molecule has 21 heavy (non-hydrogen) atoms. The van der Waals surface area contributed by atoms with Crippen molar-refractivity contribution < 1.29 is 27.8 Å². The normalized spacial score (nSPS) is 14.8. The molecular weight excluding hydrogens is 300 g/mol. The van der Waals surface area contributed by atoms with Gasteiger partial charge in [-0.25, -0.2) is 4.79 Å². The number of nitrogens with zero attached hydrogens (tertiary/aromatic N) is 1. The summed E-state index contributed by atoms with van der Waals surface area (Å²) in [7, 11) is -0.986. The topological polar surface area (TPSA) is 105 Å². The minimum atomic E-state index is -3.73. The first-order valence-electron chi connectivity index (χ1n) is 5.85. The monoisotopic (exact) mass is 314 g/mol. The summed E-state index contributed by atoms with van der Waals surface area (Å²) >= 11 is 0. The molecule has 1 heterocycles. The van der Waals surface area contributed by atoms with Gasteiger partial charge in [0.2, 0.25) is 0 Å². The second-order valence-electron chi connectivity index (χ2n) is 4.37. The Morgan fingerprint density at radius 1 is 1.29 bits per heavy atom. The van der Waals surface area contributed by atoms with Gasteiger partial charge in [0.05, 0.1) is 16.8 Å². The fourth-order valence-electron chi connectivity index (χ4n) is 1.60. The number of hydrogen-bond donors (Lipinski definition) is 2. The predicted octanol–water partition coefficient (Wildman–Crippen LogP) is 1.12. The number of nitrogens with one attached hydrogen (secondary N) is 1. The summed E-state index contributed by atoms with van der Waals surface area (Å²) in [4.78, 5) is 11.0. The third-order valence-corrected chi connectivity index (χ3v) is 4.17. The van der Waals surface area contributed by atoms with Gasteiger partial charge in [-0.3, -0.25) is 4.72 Å². The maximum absolute atomic E-state index is 11.9. The van der Waals surface area contributed by atoms with E-state index < -0.39 is 22.5 Å². The highest BCUT2D eigenvalue weighted by Gasteiger charge is 2.24. The Hall–Kier alpha value is -2.26. The van der Waals surface area contributed by atoms with Crippen LogP contribution in [0.15, 0.2) is 30.7 Å². The van der Waals surface area contributed by atoms with Crippen LogP contribution < -0.4 is 4.72 Å². The Balaban J connectivity index is 2.42. The molecule has 0 aliphatic carbocycles. The third kappa shape index (κ3) is 3.26. The third-order valence-electron chi connectivity index (χ3n) is 2.73. The molecule has 0 atom stereocenters. The number of carbonyl (C=O) groups is 1. The van der Waals surface area contributed by atoms with Crippen LogP contribution in [0.4, 0.5) is 5.69 Å². The van der Waals surface area contributed by atoms with Crippen LogP contribution in [0.1, 0.15) is 22.2 Å². The number of benzene rings is 1. The fourth-order valence-corrected chi connectivity index (χ4v) is 2.25. The van der Waals surface area contributed by atoms with Crippen LogP contribution in [-0.2, 0) is 19.7 Å². The van der Waals surface area contributed by atoms with Crippen molar-refractivity contribution in [2.75, 3.05) is 18.8 Å². The van der Waals surface area contributed by atoms with Gasteiger partial charge in [0.25, 0.3) is 6.29 Å². The Bertz CT molecular complexity index is 675. The van der Waals surface area contributed by atoms with Crippen LogP contribution in [-0.4, -0.2) is 37.9 Å². The molecule has 114 valence electrons. The van der Waals surface area contributed by atoms with Gasteiger partial charge in [0, 0.05) is 14.1 Å². The van der Waals surface area contributed by atoms with Gasteiger partial charge in [-0.15, -0.1) is 0 Å². The first-order valence-corrected chi connectivity index (χ1v) is 7.29. The van der Waals surface area contributed by atoms with E-state index in [-0.39, 0.29) is 16.8 Å². The molecule has 1 aromatic rings. The summed E-state index contributed by atoms with van der Waals surface area (Å²) < 4.78 is 37.4. The van der Waals surface area contributed by atoms with E-state index in [4.69, 9.17) is 14.6 Å². The van der Waals surface area contributed by atoms with Gasteiger partial charge in [0.15, 0.2) is 0 Å². The molecule has 9 heteroatoms. The molecule has 0 spiro atoms. The number of ether oxygens (including phenoxy) is 2. The van der Waals surface area contributed by atoms with Crippen molar-refractivity contribution in [2.24, 2.45) is 0 Å². The van der Waals surface area contributed by atoms with Crippen molar-refractivity contribution in [3.63, 3.8) is 0 Å². The highest BCUT2D eigenvalue weighted by molar-refractivity contribution is 7.90. The number of carboxylic acid groups (broad SMARTS) is 1. The lowest BCUT2D eigenvalue weighted by molar-refractivity contribution is -0.0240. The number of anilines is 1. The first kappa shape index (κ1) is 15.1. The van der Waals surface area contributed by atoms with Gasteiger partial charge in [-0.2, -0.15) is 12.7 Å². The van der Waals surface area contributed by atoms with Crippen molar-refractivity contribution in [2.45, 2.75) is 6.29 Å². The van der Waals surface area contributed by atoms with Gasteiger partial charge >= 0.3 is 16.2 Å². The van der Waals surface area contributed by atoms with Gasteiger partial charge < -0.3 is 14.6 Å². The average molecular weight is 314 g/mol. The molecule has 0 saturated carbocycles. The van der Waals surface area contributed by atoms with Crippen molar-refractivity contribution in [1.29, 1.82) is 0 Å². The van der Waals surface area contributed by atoms with E-state index in [1.165, 1.54) is 44.8 Å². The molecule has 8 nitrogen and oxygen atoms in total. The minimum absolute atomic E-state index is 0.00287. The zero-order valence-corrected chi connectivity index (χ0v) is 12.1. The lowest BCUT2D eigenvalue weighted by Gasteiger charge is -2.19.